The van der Waals surface area contributed by atoms with Crippen LogP contribution < -0.4 is 10.1 Å². The van der Waals surface area contributed by atoms with E-state index in [1.54, 1.807) is 37.3 Å². The highest BCUT2D eigenvalue weighted by Gasteiger charge is 2.22. The summed E-state index contributed by atoms with van der Waals surface area (Å²) in [6.07, 6.45) is 0. The Bertz CT molecular complexity index is 699. The van der Waals surface area contributed by atoms with Crippen LogP contribution >= 0.6 is 0 Å². The maximum atomic E-state index is 14.5. The number of hydrogen-bond acceptors (Lipinski definition) is 3. The van der Waals surface area contributed by atoms with Crippen LogP contribution in [-0.2, 0) is 0 Å². The minimum atomic E-state index is -0.833. The number of para-hydroxylation sites is 1. The van der Waals surface area contributed by atoms with Gasteiger partial charge in [-0.15, -0.1) is 0 Å². The normalized spacial score (nSPS) is 10.1. The van der Waals surface area contributed by atoms with E-state index in [4.69, 9.17) is 4.74 Å². The van der Waals surface area contributed by atoms with E-state index < -0.39 is 17.5 Å². The van der Waals surface area contributed by atoms with Crippen LogP contribution in [-0.4, -0.2) is 18.2 Å². The number of hydrogen-bond donors (Lipinski definition) is 1. The van der Waals surface area contributed by atoms with Crippen LogP contribution in [0.15, 0.2) is 42.5 Å². The third-order valence-corrected chi connectivity index (χ3v) is 3.02. The highest BCUT2D eigenvalue weighted by atomic mass is 19.1. The maximum absolute atomic E-state index is 14.5. The predicted molar refractivity (Wildman–Crippen MR) is 80.9 cm³/mol. The summed E-state index contributed by atoms with van der Waals surface area (Å²) in [5.74, 6) is -1.59. The van der Waals surface area contributed by atoms with Gasteiger partial charge in [0.1, 0.15) is 5.75 Å². The number of carbonyl (C=O) groups excluding carboxylic acids is 2. The number of Topliss-reactive ketones (excluding diaryl/α,β-unsaturated/α-hetero) is 1. The lowest BCUT2D eigenvalue weighted by Crippen LogP contribution is -2.23. The molecule has 1 N–H and O–H groups in total. The molecule has 0 spiro atoms. The lowest BCUT2D eigenvalue weighted by atomic mass is 10.1. The maximum Gasteiger partial charge on any atom is 0.255 e. The number of ether oxygens (including phenoxy) is 1. The molecular weight excluding hydrogens is 285 g/mol. The molecule has 0 aromatic heterocycles. The van der Waals surface area contributed by atoms with Crippen LogP contribution in [0, 0.1) is 5.82 Å². The van der Waals surface area contributed by atoms with Crippen molar-refractivity contribution in [1.82, 2.24) is 5.32 Å². The van der Waals surface area contributed by atoms with Crippen molar-refractivity contribution >= 4 is 11.7 Å². The lowest BCUT2D eigenvalue weighted by Gasteiger charge is -2.13. The van der Waals surface area contributed by atoms with Crippen molar-refractivity contribution in [2.24, 2.45) is 0 Å². The summed E-state index contributed by atoms with van der Waals surface area (Å²) in [5, 5.41) is 2.59. The highest BCUT2D eigenvalue weighted by Crippen LogP contribution is 2.31. The molecule has 0 radical (unpaired) electrons. The molecule has 0 aliphatic heterocycles. The summed E-state index contributed by atoms with van der Waals surface area (Å²) in [7, 11) is 0. The van der Waals surface area contributed by atoms with E-state index in [0.29, 0.717) is 12.3 Å². The van der Waals surface area contributed by atoms with Crippen molar-refractivity contribution in [2.45, 2.75) is 13.8 Å². The smallest absolute Gasteiger partial charge is 0.255 e. The number of ketones is 1. The number of rotatable bonds is 5. The molecule has 22 heavy (non-hydrogen) atoms. The van der Waals surface area contributed by atoms with Gasteiger partial charge in [0, 0.05) is 6.54 Å². The third-order valence-electron chi connectivity index (χ3n) is 3.02. The molecule has 0 saturated carbocycles. The van der Waals surface area contributed by atoms with Crippen LogP contribution in [0.1, 0.15) is 34.6 Å². The van der Waals surface area contributed by atoms with Gasteiger partial charge in [0.15, 0.2) is 17.3 Å². The zero-order valence-electron chi connectivity index (χ0n) is 12.4. The molecule has 0 aliphatic carbocycles. The Morgan fingerprint density at radius 1 is 1.09 bits per heavy atom. The lowest BCUT2D eigenvalue weighted by molar-refractivity contribution is 0.0949. The second-order valence-electron chi connectivity index (χ2n) is 4.63. The van der Waals surface area contributed by atoms with Gasteiger partial charge in [-0.1, -0.05) is 18.2 Å². The molecule has 0 heterocycles. The second kappa shape index (κ2) is 6.85. The molecule has 0 aliphatic rings. The number of benzene rings is 2. The minimum absolute atomic E-state index is 0.0493. The zero-order chi connectivity index (χ0) is 16.1. The predicted octanol–water partition coefficient (Wildman–Crippen LogP) is 3.57. The first kappa shape index (κ1) is 15.7. The summed E-state index contributed by atoms with van der Waals surface area (Å²) in [6.45, 7) is 3.42. The fourth-order valence-electron chi connectivity index (χ4n) is 1.97. The highest BCUT2D eigenvalue weighted by molar-refractivity contribution is 6.00. The summed E-state index contributed by atoms with van der Waals surface area (Å²) >= 11 is 0. The number of nitrogens with one attached hydrogen (secondary N) is 1. The molecule has 0 atom stereocenters. The summed E-state index contributed by atoms with van der Waals surface area (Å²) in [6, 6.07) is 11.2. The first-order valence-electron chi connectivity index (χ1n) is 6.89. The minimum Gasteiger partial charge on any atom is -0.453 e. The van der Waals surface area contributed by atoms with E-state index in [-0.39, 0.29) is 16.9 Å². The van der Waals surface area contributed by atoms with Crippen LogP contribution in [0.4, 0.5) is 4.39 Å². The first-order valence-corrected chi connectivity index (χ1v) is 6.89. The Morgan fingerprint density at radius 2 is 1.73 bits per heavy atom. The molecular formula is C17H16FNO3. The fraction of sp³-hybridized carbons (Fsp3) is 0.176. The SMILES string of the molecule is CCNC(=O)c1ccc(C(C)=O)c(F)c1Oc1ccccc1. The van der Waals surface area contributed by atoms with Crippen LogP contribution in [0.3, 0.4) is 0 Å². The summed E-state index contributed by atoms with van der Waals surface area (Å²) in [4.78, 5) is 23.5. The van der Waals surface area contributed by atoms with Gasteiger partial charge in [0.2, 0.25) is 0 Å². The average Bonchev–Trinajstić information content (AvgIpc) is 2.50. The van der Waals surface area contributed by atoms with Crippen molar-refractivity contribution < 1.29 is 18.7 Å². The molecule has 1 amide bonds. The van der Waals surface area contributed by atoms with Crippen molar-refractivity contribution in [1.29, 1.82) is 0 Å². The molecule has 0 fully saturated rings. The molecule has 5 heteroatoms. The van der Waals surface area contributed by atoms with E-state index in [2.05, 4.69) is 5.32 Å². The van der Waals surface area contributed by atoms with E-state index in [1.807, 2.05) is 0 Å². The second-order valence-corrected chi connectivity index (χ2v) is 4.63. The molecule has 0 unspecified atom stereocenters. The standard InChI is InChI=1S/C17H16FNO3/c1-3-19-17(21)14-10-9-13(11(2)20)15(18)16(14)22-12-7-5-4-6-8-12/h4-10H,3H2,1-2H3,(H,19,21). The molecule has 2 aromatic carbocycles. The molecule has 114 valence electrons. The quantitative estimate of drug-likeness (QED) is 0.859. The fourth-order valence-corrected chi connectivity index (χ4v) is 1.97. The largest absolute Gasteiger partial charge is 0.453 e. The Morgan fingerprint density at radius 3 is 2.32 bits per heavy atom. The van der Waals surface area contributed by atoms with Gasteiger partial charge in [0.05, 0.1) is 11.1 Å². The Balaban J connectivity index is 2.52. The van der Waals surface area contributed by atoms with Gasteiger partial charge >= 0.3 is 0 Å². The molecule has 0 saturated heterocycles. The van der Waals surface area contributed by atoms with E-state index in [0.717, 1.165) is 0 Å². The van der Waals surface area contributed by atoms with Crippen LogP contribution in [0.25, 0.3) is 0 Å². The Hall–Kier alpha value is -2.69. The number of amides is 1. The zero-order valence-corrected chi connectivity index (χ0v) is 12.4. The topological polar surface area (TPSA) is 55.4 Å². The molecule has 2 rings (SSSR count). The van der Waals surface area contributed by atoms with Gasteiger partial charge in [-0.25, -0.2) is 4.39 Å². The van der Waals surface area contributed by atoms with E-state index in [9.17, 15) is 14.0 Å². The van der Waals surface area contributed by atoms with Gasteiger partial charge in [0.25, 0.3) is 5.91 Å². The Labute approximate surface area is 127 Å². The van der Waals surface area contributed by atoms with Gasteiger partial charge in [-0.3, -0.25) is 9.59 Å². The molecule has 4 nitrogen and oxygen atoms in total. The van der Waals surface area contributed by atoms with Crippen LogP contribution in [0.2, 0.25) is 0 Å². The third kappa shape index (κ3) is 3.31. The average molecular weight is 301 g/mol. The number of carbonyl (C=O) groups is 2. The van der Waals surface area contributed by atoms with E-state index in [1.165, 1.54) is 19.1 Å². The van der Waals surface area contributed by atoms with Crippen molar-refractivity contribution in [3.05, 3.63) is 59.4 Å². The Kier molecular flexibility index (Phi) is 4.88. The summed E-state index contributed by atoms with van der Waals surface area (Å²) in [5.41, 5.74) is -0.0628. The number of halogens is 1. The first-order chi connectivity index (χ1) is 10.5. The monoisotopic (exact) mass is 301 g/mol. The van der Waals surface area contributed by atoms with Gasteiger partial charge in [-0.05, 0) is 38.1 Å². The summed E-state index contributed by atoms with van der Waals surface area (Å²) < 4.78 is 20.1. The van der Waals surface area contributed by atoms with E-state index >= 15 is 0 Å². The molecule has 2 aromatic rings. The van der Waals surface area contributed by atoms with Gasteiger partial charge < -0.3 is 10.1 Å². The van der Waals surface area contributed by atoms with Gasteiger partial charge in [-0.2, -0.15) is 0 Å². The molecule has 0 bridgehead atoms. The van der Waals surface area contributed by atoms with Crippen molar-refractivity contribution in [2.75, 3.05) is 6.54 Å². The van der Waals surface area contributed by atoms with Crippen molar-refractivity contribution in [3.8, 4) is 11.5 Å². The van der Waals surface area contributed by atoms with Crippen molar-refractivity contribution in [3.63, 3.8) is 0 Å². The van der Waals surface area contributed by atoms with Crippen LogP contribution in [0.5, 0.6) is 11.5 Å².